The Morgan fingerprint density at radius 3 is 2.70 bits per heavy atom. The van der Waals surface area contributed by atoms with Crippen molar-refractivity contribution in [3.05, 3.63) is 52.9 Å². The van der Waals surface area contributed by atoms with Crippen molar-refractivity contribution >= 4 is 33.8 Å². The first kappa shape index (κ1) is 20.8. The lowest BCUT2D eigenvalue weighted by Crippen LogP contribution is -2.35. The van der Waals surface area contributed by atoms with Crippen LogP contribution in [0.4, 0.5) is 0 Å². The van der Waals surface area contributed by atoms with Crippen molar-refractivity contribution in [2.45, 2.75) is 30.4 Å². The lowest BCUT2D eigenvalue weighted by atomic mass is 9.76. The van der Waals surface area contributed by atoms with E-state index in [1.807, 2.05) is 12.1 Å². The molecule has 4 nitrogen and oxygen atoms in total. The molecule has 0 amide bonds. The average Bonchev–Trinajstić information content (AvgIpc) is 3.35. The normalized spacial score (nSPS) is 25.3. The van der Waals surface area contributed by atoms with E-state index in [9.17, 15) is 8.42 Å². The van der Waals surface area contributed by atoms with Gasteiger partial charge >= 0.3 is 0 Å². The summed E-state index contributed by atoms with van der Waals surface area (Å²) in [6.45, 7) is 5.18. The Labute approximate surface area is 172 Å². The molecule has 3 heterocycles. The third-order valence-corrected chi connectivity index (χ3v) is 9.49. The first-order valence-electron chi connectivity index (χ1n) is 9.37. The number of nitrogens with zero attached hydrogens (tertiary/aromatic N) is 1. The highest BCUT2D eigenvalue weighted by Crippen LogP contribution is 2.44. The average molecular weight is 427 g/mol. The van der Waals surface area contributed by atoms with Crippen LogP contribution < -0.4 is 5.32 Å². The third-order valence-electron chi connectivity index (χ3n) is 5.98. The van der Waals surface area contributed by atoms with Crippen molar-refractivity contribution < 1.29 is 8.42 Å². The van der Waals surface area contributed by atoms with E-state index >= 15 is 0 Å². The van der Waals surface area contributed by atoms with E-state index in [2.05, 4.69) is 36.5 Å². The van der Waals surface area contributed by atoms with Gasteiger partial charge in [0.1, 0.15) is 4.21 Å². The van der Waals surface area contributed by atoms with Gasteiger partial charge in [0.2, 0.25) is 0 Å². The zero-order valence-corrected chi connectivity index (χ0v) is 18.0. The molecule has 0 spiro atoms. The lowest BCUT2D eigenvalue weighted by Gasteiger charge is -2.28. The number of nitrogens with one attached hydrogen (secondary N) is 1. The number of hydrogen-bond acceptors (Lipinski definition) is 4. The van der Waals surface area contributed by atoms with Crippen LogP contribution >= 0.6 is 23.7 Å². The SMILES string of the molecule is CCc1ccc(S(=O)(=O)N2CC3CNCC3(CCc3ccccc3)C2)s1.Cl. The largest absolute Gasteiger partial charge is 0.316 e. The van der Waals surface area contributed by atoms with Crippen LogP contribution in [0.15, 0.2) is 46.7 Å². The molecule has 2 aliphatic rings. The van der Waals surface area contributed by atoms with Gasteiger partial charge in [-0.15, -0.1) is 23.7 Å². The van der Waals surface area contributed by atoms with Gasteiger partial charge in [-0.25, -0.2) is 8.42 Å². The summed E-state index contributed by atoms with van der Waals surface area (Å²) < 4.78 is 28.5. The van der Waals surface area contributed by atoms with Crippen LogP contribution in [0.5, 0.6) is 0 Å². The Balaban J connectivity index is 0.00000210. The zero-order chi connectivity index (χ0) is 18.2. The van der Waals surface area contributed by atoms with Gasteiger partial charge < -0.3 is 5.32 Å². The minimum absolute atomic E-state index is 0. The fourth-order valence-electron chi connectivity index (χ4n) is 4.37. The molecule has 2 fully saturated rings. The summed E-state index contributed by atoms with van der Waals surface area (Å²) >= 11 is 1.42. The molecule has 0 bridgehead atoms. The smallest absolute Gasteiger partial charge is 0.252 e. The van der Waals surface area contributed by atoms with Crippen LogP contribution in [0.3, 0.4) is 0 Å². The molecule has 7 heteroatoms. The maximum absolute atomic E-state index is 13.1. The van der Waals surface area contributed by atoms with Crippen molar-refractivity contribution in [2.24, 2.45) is 11.3 Å². The molecule has 2 saturated heterocycles. The van der Waals surface area contributed by atoms with Gasteiger partial charge in [-0.2, -0.15) is 4.31 Å². The summed E-state index contributed by atoms with van der Waals surface area (Å²) in [5.74, 6) is 0.409. The molecule has 27 heavy (non-hydrogen) atoms. The van der Waals surface area contributed by atoms with Crippen LogP contribution in [-0.4, -0.2) is 38.9 Å². The highest BCUT2D eigenvalue weighted by Gasteiger charge is 2.52. The van der Waals surface area contributed by atoms with Crippen LogP contribution in [0, 0.1) is 11.3 Å². The number of fused-ring (bicyclic) bond motifs is 1. The molecular formula is C20H27ClN2O2S2. The van der Waals surface area contributed by atoms with Crippen molar-refractivity contribution in [1.29, 1.82) is 0 Å². The Hall–Kier alpha value is -0.920. The van der Waals surface area contributed by atoms with E-state index in [0.29, 0.717) is 23.2 Å². The minimum Gasteiger partial charge on any atom is -0.316 e. The summed E-state index contributed by atoms with van der Waals surface area (Å²) in [5, 5.41) is 3.51. The minimum atomic E-state index is -3.37. The van der Waals surface area contributed by atoms with E-state index < -0.39 is 10.0 Å². The number of aryl methyl sites for hydroxylation is 2. The van der Waals surface area contributed by atoms with Gasteiger partial charge in [-0.3, -0.25) is 0 Å². The summed E-state index contributed by atoms with van der Waals surface area (Å²) in [5.41, 5.74) is 1.40. The second kappa shape index (κ2) is 8.21. The molecule has 1 N–H and O–H groups in total. The first-order chi connectivity index (χ1) is 12.5. The second-order valence-electron chi connectivity index (χ2n) is 7.55. The molecule has 0 aliphatic carbocycles. The Kier molecular flexibility index (Phi) is 6.33. The van der Waals surface area contributed by atoms with Crippen molar-refractivity contribution in [2.75, 3.05) is 26.2 Å². The molecule has 2 unspecified atom stereocenters. The number of sulfonamides is 1. The van der Waals surface area contributed by atoms with Crippen molar-refractivity contribution in [3.63, 3.8) is 0 Å². The van der Waals surface area contributed by atoms with Gasteiger partial charge in [0.15, 0.2) is 0 Å². The topological polar surface area (TPSA) is 49.4 Å². The van der Waals surface area contributed by atoms with Crippen LogP contribution in [0.25, 0.3) is 0 Å². The fourth-order valence-corrected chi connectivity index (χ4v) is 7.40. The van der Waals surface area contributed by atoms with Crippen LogP contribution in [0.1, 0.15) is 23.8 Å². The molecule has 0 saturated carbocycles. The Morgan fingerprint density at radius 2 is 2.00 bits per heavy atom. The van der Waals surface area contributed by atoms with Crippen molar-refractivity contribution in [1.82, 2.24) is 9.62 Å². The second-order valence-corrected chi connectivity index (χ2v) is 10.9. The lowest BCUT2D eigenvalue weighted by molar-refractivity contribution is 0.265. The van der Waals surface area contributed by atoms with Crippen LogP contribution in [-0.2, 0) is 22.9 Å². The number of halogens is 1. The monoisotopic (exact) mass is 426 g/mol. The maximum Gasteiger partial charge on any atom is 0.252 e. The van der Waals surface area contributed by atoms with Gasteiger partial charge in [0, 0.05) is 29.9 Å². The fraction of sp³-hybridized carbons (Fsp3) is 0.500. The van der Waals surface area contributed by atoms with E-state index in [0.717, 1.165) is 37.2 Å². The quantitative estimate of drug-likeness (QED) is 0.768. The van der Waals surface area contributed by atoms with E-state index in [1.54, 1.807) is 10.4 Å². The van der Waals surface area contributed by atoms with Crippen molar-refractivity contribution in [3.8, 4) is 0 Å². The molecule has 1 aromatic heterocycles. The van der Waals surface area contributed by atoms with Gasteiger partial charge in [-0.1, -0.05) is 37.3 Å². The number of benzene rings is 1. The highest BCUT2D eigenvalue weighted by atomic mass is 35.5. The first-order valence-corrected chi connectivity index (χ1v) is 11.6. The molecule has 1 aromatic carbocycles. The summed E-state index contributed by atoms with van der Waals surface area (Å²) in [4.78, 5) is 1.13. The predicted molar refractivity (Wildman–Crippen MR) is 113 cm³/mol. The molecule has 2 atom stereocenters. The summed E-state index contributed by atoms with van der Waals surface area (Å²) in [7, 11) is -3.37. The van der Waals surface area contributed by atoms with Crippen LogP contribution in [0.2, 0.25) is 0 Å². The number of thiophene rings is 1. The molecule has 2 aliphatic heterocycles. The van der Waals surface area contributed by atoms with Gasteiger partial charge in [0.25, 0.3) is 10.0 Å². The highest BCUT2D eigenvalue weighted by molar-refractivity contribution is 7.91. The molecule has 0 radical (unpaired) electrons. The maximum atomic E-state index is 13.1. The molecular weight excluding hydrogens is 400 g/mol. The Morgan fingerprint density at radius 1 is 1.22 bits per heavy atom. The predicted octanol–water partition coefficient (Wildman–Crippen LogP) is 3.58. The Bertz CT molecular complexity index is 869. The number of hydrogen-bond donors (Lipinski definition) is 1. The van der Waals surface area contributed by atoms with Gasteiger partial charge in [0.05, 0.1) is 0 Å². The third kappa shape index (κ3) is 3.96. The molecule has 148 valence electrons. The number of rotatable bonds is 6. The van der Waals surface area contributed by atoms with Gasteiger partial charge in [-0.05, 0) is 49.4 Å². The van der Waals surface area contributed by atoms with E-state index in [1.165, 1.54) is 16.9 Å². The summed E-state index contributed by atoms with van der Waals surface area (Å²) in [6.07, 6.45) is 2.92. The molecule has 2 aromatic rings. The zero-order valence-electron chi connectivity index (χ0n) is 15.6. The molecule has 4 rings (SSSR count). The van der Waals surface area contributed by atoms with E-state index in [4.69, 9.17) is 0 Å². The summed E-state index contributed by atoms with van der Waals surface area (Å²) in [6, 6.07) is 14.2. The standard InChI is InChI=1S/C20H26N2O2S2.ClH/c1-2-18-8-9-19(25-18)26(23,24)22-13-17-12-21-14-20(17,15-22)11-10-16-6-4-3-5-7-16;/h3-9,17,21H,2,10-15H2,1H3;1H. The van der Waals surface area contributed by atoms with E-state index in [-0.39, 0.29) is 17.8 Å².